The van der Waals surface area contributed by atoms with Crippen LogP contribution in [0.25, 0.3) is 10.9 Å². The highest BCUT2D eigenvalue weighted by molar-refractivity contribution is 9.10. The maximum Gasteiger partial charge on any atom is 0.0859 e. The zero-order valence-electron chi connectivity index (χ0n) is 6.14. The van der Waals surface area contributed by atoms with Crippen molar-refractivity contribution in [2.75, 3.05) is 0 Å². The number of hydrogen-bond donors (Lipinski definition) is 1. The fraction of sp³-hybridized carbons (Fsp3) is 0.125. The lowest BCUT2D eigenvalue weighted by Gasteiger charge is -1.93. The van der Waals surface area contributed by atoms with Gasteiger partial charge in [0.05, 0.1) is 17.1 Å². The quantitative estimate of drug-likeness (QED) is 0.769. The molecule has 0 aliphatic carbocycles. The monoisotopic (exact) mass is 244 g/mol. The molecule has 0 aliphatic rings. The number of benzene rings is 1. The van der Waals surface area contributed by atoms with Gasteiger partial charge in [-0.05, 0) is 12.1 Å². The van der Waals surface area contributed by atoms with Gasteiger partial charge in [-0.3, -0.25) is 5.10 Å². The first-order valence-electron chi connectivity index (χ1n) is 3.50. The number of aromatic nitrogens is 2. The number of fused-ring (bicyclic) bond motifs is 1. The van der Waals surface area contributed by atoms with E-state index in [1.54, 1.807) is 0 Å². The van der Waals surface area contributed by atoms with E-state index in [1.165, 1.54) is 0 Å². The van der Waals surface area contributed by atoms with Gasteiger partial charge in [-0.25, -0.2) is 0 Å². The van der Waals surface area contributed by atoms with Crippen molar-refractivity contribution < 1.29 is 0 Å². The molecule has 0 spiro atoms. The highest BCUT2D eigenvalue weighted by Crippen LogP contribution is 2.25. The van der Waals surface area contributed by atoms with Gasteiger partial charge in [-0.2, -0.15) is 5.10 Å². The number of aromatic amines is 1. The number of alkyl halides is 1. The molecule has 0 atom stereocenters. The highest BCUT2D eigenvalue weighted by Gasteiger charge is 2.06. The molecule has 1 aromatic heterocycles. The number of hydrogen-bond acceptors (Lipinski definition) is 1. The van der Waals surface area contributed by atoms with Gasteiger partial charge < -0.3 is 0 Å². The molecule has 0 amide bonds. The predicted octanol–water partition coefficient (Wildman–Crippen LogP) is 3.06. The summed E-state index contributed by atoms with van der Waals surface area (Å²) in [5.41, 5.74) is 1.90. The van der Waals surface area contributed by atoms with Crippen molar-refractivity contribution in [2.45, 2.75) is 5.88 Å². The number of rotatable bonds is 1. The van der Waals surface area contributed by atoms with Gasteiger partial charge in [0.25, 0.3) is 0 Å². The zero-order chi connectivity index (χ0) is 8.55. The maximum atomic E-state index is 5.72. The van der Waals surface area contributed by atoms with Crippen LogP contribution in [0.1, 0.15) is 5.69 Å². The van der Waals surface area contributed by atoms with E-state index in [0.717, 1.165) is 21.1 Å². The average Bonchev–Trinajstić information content (AvgIpc) is 2.49. The molecule has 0 radical (unpaired) electrons. The van der Waals surface area contributed by atoms with Crippen LogP contribution in [0.4, 0.5) is 0 Å². The molecule has 0 bridgehead atoms. The second kappa shape index (κ2) is 3.07. The predicted molar refractivity (Wildman–Crippen MR) is 53.4 cm³/mol. The summed E-state index contributed by atoms with van der Waals surface area (Å²) in [6.07, 6.45) is 0. The Bertz CT molecular complexity index is 410. The second-order valence-corrected chi connectivity index (χ2v) is 3.59. The van der Waals surface area contributed by atoms with Crippen molar-refractivity contribution in [2.24, 2.45) is 0 Å². The number of nitrogens with one attached hydrogen (secondary N) is 1. The van der Waals surface area contributed by atoms with Crippen LogP contribution >= 0.6 is 27.5 Å². The number of nitrogens with zero attached hydrogens (tertiary/aromatic N) is 1. The first-order valence-corrected chi connectivity index (χ1v) is 4.83. The smallest absolute Gasteiger partial charge is 0.0859 e. The van der Waals surface area contributed by atoms with Crippen molar-refractivity contribution in [3.63, 3.8) is 0 Å². The summed E-state index contributed by atoms with van der Waals surface area (Å²) in [6.45, 7) is 0. The summed E-state index contributed by atoms with van der Waals surface area (Å²) >= 11 is 9.16. The van der Waals surface area contributed by atoms with Crippen molar-refractivity contribution >= 4 is 38.4 Å². The molecule has 2 nitrogen and oxygen atoms in total. The van der Waals surface area contributed by atoms with Crippen molar-refractivity contribution in [1.82, 2.24) is 10.2 Å². The lowest BCUT2D eigenvalue weighted by molar-refractivity contribution is 1.05. The molecular weight excluding hydrogens is 239 g/mol. The molecule has 0 saturated carbocycles. The molecule has 1 aromatic carbocycles. The molecular formula is C8H6BrClN2. The van der Waals surface area contributed by atoms with Crippen LogP contribution in [0.15, 0.2) is 22.7 Å². The molecule has 1 heterocycles. The summed E-state index contributed by atoms with van der Waals surface area (Å²) in [4.78, 5) is 0. The Hall–Kier alpha value is -0.540. The van der Waals surface area contributed by atoms with Crippen LogP contribution in [-0.4, -0.2) is 10.2 Å². The van der Waals surface area contributed by atoms with Gasteiger partial charge in [0.1, 0.15) is 0 Å². The largest absolute Gasteiger partial charge is 0.277 e. The van der Waals surface area contributed by atoms with Crippen LogP contribution in [0.5, 0.6) is 0 Å². The van der Waals surface area contributed by atoms with E-state index in [-0.39, 0.29) is 0 Å². The minimum absolute atomic E-state index is 0.433. The fourth-order valence-electron chi connectivity index (χ4n) is 1.19. The molecule has 2 rings (SSSR count). The van der Waals surface area contributed by atoms with E-state index in [2.05, 4.69) is 26.1 Å². The zero-order valence-corrected chi connectivity index (χ0v) is 8.48. The SMILES string of the molecule is ClCc1n[nH]c2cccc(Br)c12. The topological polar surface area (TPSA) is 28.7 Å². The summed E-state index contributed by atoms with van der Waals surface area (Å²) in [5, 5.41) is 8.08. The average molecular weight is 246 g/mol. The molecule has 0 aliphatic heterocycles. The standard InChI is InChI=1S/C8H6BrClN2/c9-5-2-1-3-6-8(5)7(4-10)12-11-6/h1-3H,4H2,(H,11,12). The van der Waals surface area contributed by atoms with E-state index in [4.69, 9.17) is 11.6 Å². The van der Waals surface area contributed by atoms with Gasteiger partial charge >= 0.3 is 0 Å². The summed E-state index contributed by atoms with van der Waals surface area (Å²) in [6, 6.07) is 5.92. The minimum atomic E-state index is 0.433. The molecule has 62 valence electrons. The van der Waals surface area contributed by atoms with Crippen LogP contribution in [0, 0.1) is 0 Å². The van der Waals surface area contributed by atoms with Crippen molar-refractivity contribution in [3.05, 3.63) is 28.4 Å². The van der Waals surface area contributed by atoms with Gasteiger partial charge in [0.2, 0.25) is 0 Å². The normalized spacial score (nSPS) is 10.8. The third-order valence-electron chi connectivity index (χ3n) is 1.74. The number of H-pyrrole nitrogens is 1. The first kappa shape index (κ1) is 8.08. The van der Waals surface area contributed by atoms with Crippen LogP contribution in [-0.2, 0) is 5.88 Å². The Labute approximate surface area is 83.0 Å². The van der Waals surface area contributed by atoms with Gasteiger partial charge in [0, 0.05) is 9.86 Å². The Morgan fingerprint density at radius 2 is 2.33 bits per heavy atom. The van der Waals surface area contributed by atoms with E-state index in [9.17, 15) is 0 Å². The van der Waals surface area contributed by atoms with Crippen LogP contribution in [0.2, 0.25) is 0 Å². The minimum Gasteiger partial charge on any atom is -0.277 e. The Kier molecular flexibility index (Phi) is 2.07. The van der Waals surface area contributed by atoms with Crippen LogP contribution in [0.3, 0.4) is 0 Å². The third kappa shape index (κ3) is 1.13. The number of halogens is 2. The van der Waals surface area contributed by atoms with E-state index >= 15 is 0 Å². The Morgan fingerprint density at radius 1 is 1.50 bits per heavy atom. The van der Waals surface area contributed by atoms with E-state index < -0.39 is 0 Å². The molecule has 1 N–H and O–H groups in total. The first-order chi connectivity index (χ1) is 5.83. The Balaban J connectivity index is 2.83. The summed E-state index contributed by atoms with van der Waals surface area (Å²) < 4.78 is 1.03. The molecule has 4 heteroatoms. The van der Waals surface area contributed by atoms with Gasteiger partial charge in [-0.1, -0.05) is 22.0 Å². The van der Waals surface area contributed by atoms with E-state index in [0.29, 0.717) is 5.88 Å². The van der Waals surface area contributed by atoms with Crippen LogP contribution < -0.4 is 0 Å². The van der Waals surface area contributed by atoms with E-state index in [1.807, 2.05) is 18.2 Å². The molecule has 12 heavy (non-hydrogen) atoms. The molecule has 0 saturated heterocycles. The maximum absolute atomic E-state index is 5.72. The molecule has 0 fully saturated rings. The lowest BCUT2D eigenvalue weighted by Crippen LogP contribution is -1.77. The molecule has 0 unspecified atom stereocenters. The highest BCUT2D eigenvalue weighted by atomic mass is 79.9. The van der Waals surface area contributed by atoms with Crippen molar-refractivity contribution in [1.29, 1.82) is 0 Å². The third-order valence-corrected chi connectivity index (χ3v) is 2.65. The second-order valence-electron chi connectivity index (χ2n) is 2.47. The Morgan fingerprint density at radius 3 is 3.08 bits per heavy atom. The van der Waals surface area contributed by atoms with Crippen molar-refractivity contribution in [3.8, 4) is 0 Å². The fourth-order valence-corrected chi connectivity index (χ4v) is 1.98. The van der Waals surface area contributed by atoms with Gasteiger partial charge in [0.15, 0.2) is 0 Å². The molecule has 2 aromatic rings. The lowest BCUT2D eigenvalue weighted by atomic mass is 10.2. The van der Waals surface area contributed by atoms with Gasteiger partial charge in [-0.15, -0.1) is 11.6 Å². The summed E-state index contributed by atoms with van der Waals surface area (Å²) in [5.74, 6) is 0.433. The summed E-state index contributed by atoms with van der Waals surface area (Å²) in [7, 11) is 0.